The van der Waals surface area contributed by atoms with E-state index in [1.165, 1.54) is 12.2 Å². The number of carbonyl (C=O) groups excluding carboxylic acids is 2. The van der Waals surface area contributed by atoms with Crippen molar-refractivity contribution in [3.8, 4) is 0 Å². The van der Waals surface area contributed by atoms with E-state index >= 15 is 0 Å². The quantitative estimate of drug-likeness (QED) is 0.645. The number of nitrogens with one attached hydrogen (secondary N) is 1. The van der Waals surface area contributed by atoms with Gasteiger partial charge in [0.15, 0.2) is 5.78 Å². The normalized spacial score (nSPS) is 12.8. The maximum atomic E-state index is 12.5. The Kier molecular flexibility index (Phi) is 6.52. The standard InChI is InChI=1S/C16H24N2O4/c1-16(2,3)22-15(20)17-13(11-18(4)21-5)14(19)12-9-7-6-8-10-12/h6-10,13H,11H2,1-5H3,(H,17,20). The minimum Gasteiger partial charge on any atom is -0.444 e. The molecular weight excluding hydrogens is 284 g/mol. The first-order chi connectivity index (χ1) is 10.2. The first kappa shape index (κ1) is 18.1. The van der Waals surface area contributed by atoms with Gasteiger partial charge in [0.1, 0.15) is 11.6 Å². The molecular formula is C16H24N2O4. The molecule has 6 nitrogen and oxygen atoms in total. The topological polar surface area (TPSA) is 67.9 Å². The first-order valence-electron chi connectivity index (χ1n) is 7.07. The highest BCUT2D eigenvalue weighted by atomic mass is 16.7. The number of rotatable bonds is 6. The Hall–Kier alpha value is -1.92. The lowest BCUT2D eigenvalue weighted by Gasteiger charge is -2.25. The fourth-order valence-electron chi connectivity index (χ4n) is 1.78. The number of hydroxylamine groups is 2. The molecule has 1 unspecified atom stereocenters. The molecule has 1 aromatic carbocycles. The molecule has 0 aliphatic heterocycles. The average Bonchev–Trinajstić information content (AvgIpc) is 2.44. The van der Waals surface area contributed by atoms with Crippen molar-refractivity contribution >= 4 is 11.9 Å². The number of alkyl carbamates (subject to hydrolysis) is 1. The van der Waals surface area contributed by atoms with Crippen LogP contribution in [-0.2, 0) is 9.57 Å². The molecule has 1 amide bonds. The van der Waals surface area contributed by atoms with Crippen molar-refractivity contribution in [3.63, 3.8) is 0 Å². The number of hydrogen-bond acceptors (Lipinski definition) is 5. The Labute approximate surface area is 131 Å². The van der Waals surface area contributed by atoms with Crippen LogP contribution in [0.3, 0.4) is 0 Å². The molecule has 0 aliphatic carbocycles. The first-order valence-corrected chi connectivity index (χ1v) is 7.07. The van der Waals surface area contributed by atoms with Crippen LogP contribution in [0.15, 0.2) is 30.3 Å². The molecule has 1 atom stereocenters. The van der Waals surface area contributed by atoms with E-state index < -0.39 is 17.7 Å². The van der Waals surface area contributed by atoms with Gasteiger partial charge in [0.05, 0.1) is 13.7 Å². The lowest BCUT2D eigenvalue weighted by Crippen LogP contribution is -2.49. The highest BCUT2D eigenvalue weighted by molar-refractivity contribution is 6.01. The summed E-state index contributed by atoms with van der Waals surface area (Å²) in [5.41, 5.74) is -0.106. The molecule has 22 heavy (non-hydrogen) atoms. The number of Topliss-reactive ketones (excluding diaryl/α,β-unsaturated/α-hetero) is 1. The van der Waals surface area contributed by atoms with Gasteiger partial charge in [-0.25, -0.2) is 4.79 Å². The molecule has 1 N–H and O–H groups in total. The molecule has 0 spiro atoms. The fraction of sp³-hybridized carbons (Fsp3) is 0.500. The third-order valence-corrected chi connectivity index (χ3v) is 2.82. The summed E-state index contributed by atoms with van der Waals surface area (Å²) in [7, 11) is 3.18. The van der Waals surface area contributed by atoms with Crippen LogP contribution in [0.1, 0.15) is 31.1 Å². The van der Waals surface area contributed by atoms with E-state index in [0.29, 0.717) is 5.56 Å². The molecule has 1 aromatic rings. The van der Waals surface area contributed by atoms with E-state index in [4.69, 9.17) is 9.57 Å². The molecule has 0 bridgehead atoms. The van der Waals surface area contributed by atoms with Gasteiger partial charge in [-0.15, -0.1) is 0 Å². The van der Waals surface area contributed by atoms with Gasteiger partial charge in [-0.1, -0.05) is 30.3 Å². The third kappa shape index (κ3) is 6.24. The van der Waals surface area contributed by atoms with Gasteiger partial charge in [-0.2, -0.15) is 5.06 Å². The average molecular weight is 308 g/mol. The van der Waals surface area contributed by atoms with Gasteiger partial charge in [-0.3, -0.25) is 4.79 Å². The van der Waals surface area contributed by atoms with Crippen molar-refractivity contribution in [2.75, 3.05) is 20.7 Å². The Balaban J connectivity index is 2.84. The minimum atomic E-state index is -0.762. The van der Waals surface area contributed by atoms with Crippen molar-refractivity contribution in [2.45, 2.75) is 32.4 Å². The van der Waals surface area contributed by atoms with Crippen LogP contribution in [0.5, 0.6) is 0 Å². The van der Waals surface area contributed by atoms with Crippen LogP contribution in [-0.4, -0.2) is 49.3 Å². The van der Waals surface area contributed by atoms with Crippen LogP contribution >= 0.6 is 0 Å². The Morgan fingerprint density at radius 1 is 1.23 bits per heavy atom. The van der Waals surface area contributed by atoms with Crippen molar-refractivity contribution in [3.05, 3.63) is 35.9 Å². The molecule has 0 fully saturated rings. The summed E-state index contributed by atoms with van der Waals surface area (Å²) >= 11 is 0. The molecule has 0 aromatic heterocycles. The zero-order valence-corrected chi connectivity index (χ0v) is 13.8. The summed E-state index contributed by atoms with van der Waals surface area (Å²) in [6.45, 7) is 5.51. The lowest BCUT2D eigenvalue weighted by molar-refractivity contribution is -0.111. The smallest absolute Gasteiger partial charge is 0.408 e. The highest BCUT2D eigenvalue weighted by Crippen LogP contribution is 2.09. The van der Waals surface area contributed by atoms with E-state index in [1.54, 1.807) is 52.1 Å². The number of hydrogen-bond donors (Lipinski definition) is 1. The lowest BCUT2D eigenvalue weighted by atomic mass is 10.0. The summed E-state index contributed by atoms with van der Waals surface area (Å²) in [5.74, 6) is -0.199. The van der Waals surface area contributed by atoms with E-state index in [1.807, 2.05) is 6.07 Å². The van der Waals surface area contributed by atoms with Crippen LogP contribution < -0.4 is 5.32 Å². The summed E-state index contributed by atoms with van der Waals surface area (Å²) in [6.07, 6.45) is -0.633. The molecule has 122 valence electrons. The van der Waals surface area contributed by atoms with Crippen LogP contribution in [0, 0.1) is 0 Å². The molecule has 6 heteroatoms. The van der Waals surface area contributed by atoms with Gasteiger partial charge < -0.3 is 14.9 Å². The number of amides is 1. The molecule has 0 aliphatic rings. The summed E-state index contributed by atoms with van der Waals surface area (Å²) in [5, 5.41) is 4.08. The second kappa shape index (κ2) is 7.91. The van der Waals surface area contributed by atoms with E-state index in [-0.39, 0.29) is 12.3 Å². The van der Waals surface area contributed by atoms with Crippen LogP contribution in [0.2, 0.25) is 0 Å². The van der Waals surface area contributed by atoms with Gasteiger partial charge in [-0.05, 0) is 20.8 Å². The zero-order chi connectivity index (χ0) is 16.8. The van der Waals surface area contributed by atoms with E-state index in [0.717, 1.165) is 0 Å². The van der Waals surface area contributed by atoms with Crippen LogP contribution in [0.4, 0.5) is 4.79 Å². The van der Waals surface area contributed by atoms with Crippen molar-refractivity contribution < 1.29 is 19.2 Å². The molecule has 1 rings (SSSR count). The zero-order valence-electron chi connectivity index (χ0n) is 13.8. The highest BCUT2D eigenvalue weighted by Gasteiger charge is 2.26. The number of benzene rings is 1. The molecule has 0 radical (unpaired) electrons. The second-order valence-electron chi connectivity index (χ2n) is 5.92. The minimum absolute atomic E-state index is 0.199. The SMILES string of the molecule is CON(C)CC(NC(=O)OC(C)(C)C)C(=O)c1ccccc1. The summed E-state index contributed by atoms with van der Waals surface area (Å²) < 4.78 is 5.21. The maximum absolute atomic E-state index is 12.5. The number of ether oxygens (including phenoxy) is 1. The fourth-order valence-corrected chi connectivity index (χ4v) is 1.78. The van der Waals surface area contributed by atoms with Gasteiger partial charge in [0.2, 0.25) is 0 Å². The Bertz CT molecular complexity index is 497. The van der Waals surface area contributed by atoms with E-state index in [9.17, 15) is 9.59 Å². The maximum Gasteiger partial charge on any atom is 0.408 e. The summed E-state index contributed by atoms with van der Waals surface area (Å²) in [4.78, 5) is 29.5. The predicted molar refractivity (Wildman–Crippen MR) is 83.6 cm³/mol. The Morgan fingerprint density at radius 3 is 2.32 bits per heavy atom. The van der Waals surface area contributed by atoms with Crippen LogP contribution in [0.25, 0.3) is 0 Å². The number of likely N-dealkylation sites (N-methyl/N-ethyl adjacent to an activating group) is 1. The number of carbonyl (C=O) groups is 2. The van der Waals surface area contributed by atoms with Crippen molar-refractivity contribution in [2.24, 2.45) is 0 Å². The van der Waals surface area contributed by atoms with Gasteiger partial charge in [0, 0.05) is 12.6 Å². The van der Waals surface area contributed by atoms with Crippen molar-refractivity contribution in [1.82, 2.24) is 10.4 Å². The van der Waals surface area contributed by atoms with Gasteiger partial charge in [0.25, 0.3) is 0 Å². The number of ketones is 1. The molecule has 0 saturated carbocycles. The summed E-state index contributed by atoms with van der Waals surface area (Å²) in [6, 6.07) is 8.03. The van der Waals surface area contributed by atoms with Gasteiger partial charge >= 0.3 is 6.09 Å². The van der Waals surface area contributed by atoms with E-state index in [2.05, 4.69) is 5.32 Å². The molecule has 0 heterocycles. The third-order valence-electron chi connectivity index (χ3n) is 2.82. The largest absolute Gasteiger partial charge is 0.444 e. The number of nitrogens with zero attached hydrogens (tertiary/aromatic N) is 1. The Morgan fingerprint density at radius 2 is 1.82 bits per heavy atom. The monoisotopic (exact) mass is 308 g/mol. The second-order valence-corrected chi connectivity index (χ2v) is 5.92. The molecule has 0 saturated heterocycles. The van der Waals surface area contributed by atoms with Crippen molar-refractivity contribution in [1.29, 1.82) is 0 Å². The predicted octanol–water partition coefficient (Wildman–Crippen LogP) is 2.26.